The van der Waals surface area contributed by atoms with Crippen LogP contribution < -0.4 is 5.32 Å². The molecule has 0 spiro atoms. The first-order valence-electron chi connectivity index (χ1n) is 5.30. The van der Waals surface area contributed by atoms with Crippen molar-refractivity contribution in [3.05, 3.63) is 34.9 Å². The van der Waals surface area contributed by atoms with Gasteiger partial charge in [-0.05, 0) is 30.2 Å². The predicted molar refractivity (Wildman–Crippen MR) is 65.2 cm³/mol. The monoisotopic (exact) mass is 245 g/mol. The Balaban J connectivity index is 2.52. The molecule has 0 fully saturated rings. The molecule has 18 heavy (non-hydrogen) atoms. The zero-order valence-corrected chi connectivity index (χ0v) is 9.94. The summed E-state index contributed by atoms with van der Waals surface area (Å²) in [6, 6.07) is 3.44. The molecule has 0 saturated carbocycles. The van der Waals surface area contributed by atoms with E-state index in [2.05, 4.69) is 10.1 Å². The number of fused-ring (bicyclic) bond motifs is 1. The Hall–Kier alpha value is -2.43. The number of esters is 1. The average molecular weight is 245 g/mol. The number of hydrogen-bond acceptors (Lipinski definition) is 4. The minimum Gasteiger partial charge on any atom is -0.466 e. The number of methoxy groups -OCH3 is 1. The Morgan fingerprint density at radius 1 is 1.33 bits per heavy atom. The van der Waals surface area contributed by atoms with Crippen LogP contribution in [0.1, 0.15) is 21.5 Å². The minimum atomic E-state index is -0.650. The molecule has 1 aliphatic heterocycles. The summed E-state index contributed by atoms with van der Waals surface area (Å²) in [6.07, 6.45) is 2.71. The molecule has 5 heteroatoms. The molecule has 0 bridgehead atoms. The first-order chi connectivity index (χ1) is 8.54. The second-order valence-electron chi connectivity index (χ2n) is 3.86. The maximum atomic E-state index is 11.7. The number of Topliss-reactive ketones (excluding diaryl/α,β-unsaturated/α-hetero) is 1. The lowest BCUT2D eigenvalue weighted by Crippen LogP contribution is -2.13. The molecule has 0 radical (unpaired) electrons. The van der Waals surface area contributed by atoms with Crippen molar-refractivity contribution in [3.8, 4) is 0 Å². The summed E-state index contributed by atoms with van der Waals surface area (Å²) in [5, 5.41) is 2.48. The molecule has 1 aromatic carbocycles. The highest BCUT2D eigenvalue weighted by atomic mass is 16.5. The Kier molecular flexibility index (Phi) is 2.97. The fourth-order valence-corrected chi connectivity index (χ4v) is 1.80. The number of benzene rings is 1. The first kappa shape index (κ1) is 12.0. The zero-order chi connectivity index (χ0) is 13.3. The first-order valence-corrected chi connectivity index (χ1v) is 5.30. The minimum absolute atomic E-state index is 0.306. The van der Waals surface area contributed by atoms with Crippen molar-refractivity contribution < 1.29 is 19.1 Å². The van der Waals surface area contributed by atoms with Crippen molar-refractivity contribution in [2.75, 3.05) is 12.4 Å². The number of ether oxygens (including phenoxy) is 1. The van der Waals surface area contributed by atoms with Crippen molar-refractivity contribution in [1.29, 1.82) is 0 Å². The van der Waals surface area contributed by atoms with E-state index in [1.54, 1.807) is 19.1 Å². The van der Waals surface area contributed by atoms with Gasteiger partial charge in [0.25, 0.3) is 11.7 Å². The summed E-state index contributed by atoms with van der Waals surface area (Å²) >= 11 is 0. The maximum absolute atomic E-state index is 11.7. The second kappa shape index (κ2) is 4.44. The number of aryl methyl sites for hydroxylation is 1. The Morgan fingerprint density at radius 2 is 2.06 bits per heavy atom. The lowest BCUT2D eigenvalue weighted by Gasteiger charge is -2.05. The number of ketones is 1. The number of carbonyl (C=O) groups is 3. The summed E-state index contributed by atoms with van der Waals surface area (Å²) in [7, 11) is 1.27. The van der Waals surface area contributed by atoms with E-state index in [-0.39, 0.29) is 0 Å². The molecule has 92 valence electrons. The van der Waals surface area contributed by atoms with Gasteiger partial charge in [0.05, 0.1) is 18.4 Å². The molecule has 1 aliphatic rings. The van der Waals surface area contributed by atoms with Crippen LogP contribution in [0.5, 0.6) is 0 Å². The summed E-state index contributed by atoms with van der Waals surface area (Å²) in [6.45, 7) is 1.80. The summed E-state index contributed by atoms with van der Waals surface area (Å²) in [5.74, 6) is -1.75. The number of carbonyl (C=O) groups excluding carboxylic acids is 3. The molecule has 2 rings (SSSR count). The molecule has 0 atom stereocenters. The molecule has 0 saturated heterocycles. The third-order valence-corrected chi connectivity index (χ3v) is 2.73. The van der Waals surface area contributed by atoms with Gasteiger partial charge in [-0.2, -0.15) is 0 Å². The lowest BCUT2D eigenvalue weighted by atomic mass is 9.98. The van der Waals surface area contributed by atoms with E-state index >= 15 is 0 Å². The SMILES string of the molecule is COC(=O)C=Cc1c(C)ccc2c1C(=O)C(=O)N2. The van der Waals surface area contributed by atoms with Gasteiger partial charge in [-0.1, -0.05) is 6.07 Å². The van der Waals surface area contributed by atoms with E-state index in [4.69, 9.17) is 0 Å². The van der Waals surface area contributed by atoms with Crippen LogP contribution in [0.3, 0.4) is 0 Å². The van der Waals surface area contributed by atoms with Crippen LogP contribution in [0.4, 0.5) is 5.69 Å². The van der Waals surface area contributed by atoms with Gasteiger partial charge in [0.2, 0.25) is 0 Å². The highest BCUT2D eigenvalue weighted by molar-refractivity contribution is 6.52. The van der Waals surface area contributed by atoms with Gasteiger partial charge in [-0.15, -0.1) is 0 Å². The summed E-state index contributed by atoms with van der Waals surface area (Å²) in [5.41, 5.74) is 2.14. The summed E-state index contributed by atoms with van der Waals surface area (Å²) < 4.78 is 4.49. The molecular weight excluding hydrogens is 234 g/mol. The molecule has 1 N–H and O–H groups in total. The van der Waals surface area contributed by atoms with Crippen molar-refractivity contribution in [1.82, 2.24) is 0 Å². The Labute approximate surface area is 103 Å². The van der Waals surface area contributed by atoms with Crippen LogP contribution in [0, 0.1) is 6.92 Å². The topological polar surface area (TPSA) is 72.5 Å². The van der Waals surface area contributed by atoms with Crippen LogP contribution in [0.2, 0.25) is 0 Å². The highest BCUT2D eigenvalue weighted by Crippen LogP contribution is 2.29. The van der Waals surface area contributed by atoms with Gasteiger partial charge >= 0.3 is 5.97 Å². The standard InChI is InChI=1S/C13H11NO4/c1-7-3-5-9-11(12(16)13(17)14-9)8(7)4-6-10(15)18-2/h3-6H,1-2H3,(H,14,16,17). The van der Waals surface area contributed by atoms with E-state index in [1.165, 1.54) is 19.3 Å². The molecule has 0 unspecified atom stereocenters. The zero-order valence-electron chi connectivity index (χ0n) is 9.94. The van der Waals surface area contributed by atoms with Gasteiger partial charge < -0.3 is 10.1 Å². The van der Waals surface area contributed by atoms with Crippen LogP contribution in [-0.2, 0) is 14.3 Å². The van der Waals surface area contributed by atoms with Crippen molar-refractivity contribution in [2.24, 2.45) is 0 Å². The normalized spacial score (nSPS) is 13.7. The van der Waals surface area contributed by atoms with Crippen LogP contribution in [-0.4, -0.2) is 24.8 Å². The highest BCUT2D eigenvalue weighted by Gasteiger charge is 2.30. The molecule has 1 heterocycles. The van der Waals surface area contributed by atoms with Gasteiger partial charge in [0.15, 0.2) is 0 Å². The molecule has 1 aromatic rings. The molecule has 0 aromatic heterocycles. The van der Waals surface area contributed by atoms with Crippen LogP contribution in [0.25, 0.3) is 6.08 Å². The average Bonchev–Trinajstić information content (AvgIpc) is 2.64. The fraction of sp³-hybridized carbons (Fsp3) is 0.154. The van der Waals surface area contributed by atoms with E-state index in [0.29, 0.717) is 16.8 Å². The van der Waals surface area contributed by atoms with Gasteiger partial charge in [-0.3, -0.25) is 9.59 Å². The predicted octanol–water partition coefficient (Wildman–Crippen LogP) is 1.32. The largest absolute Gasteiger partial charge is 0.466 e. The van der Waals surface area contributed by atoms with Gasteiger partial charge in [0.1, 0.15) is 0 Å². The molecule has 1 amide bonds. The Morgan fingerprint density at radius 3 is 2.72 bits per heavy atom. The van der Waals surface area contributed by atoms with Crippen molar-refractivity contribution >= 4 is 29.4 Å². The maximum Gasteiger partial charge on any atom is 0.330 e. The third-order valence-electron chi connectivity index (χ3n) is 2.73. The van der Waals surface area contributed by atoms with Crippen LogP contribution in [0.15, 0.2) is 18.2 Å². The third kappa shape index (κ3) is 1.90. The number of nitrogens with one attached hydrogen (secondary N) is 1. The second-order valence-corrected chi connectivity index (χ2v) is 3.86. The van der Waals surface area contributed by atoms with Gasteiger partial charge in [0, 0.05) is 6.08 Å². The van der Waals surface area contributed by atoms with E-state index in [9.17, 15) is 14.4 Å². The number of hydrogen-bond donors (Lipinski definition) is 1. The number of rotatable bonds is 2. The van der Waals surface area contributed by atoms with E-state index in [1.807, 2.05) is 0 Å². The van der Waals surface area contributed by atoms with E-state index < -0.39 is 17.7 Å². The molecule has 5 nitrogen and oxygen atoms in total. The number of amides is 1. The fourth-order valence-electron chi connectivity index (χ4n) is 1.80. The Bertz CT molecular complexity index is 587. The van der Waals surface area contributed by atoms with Crippen molar-refractivity contribution in [3.63, 3.8) is 0 Å². The van der Waals surface area contributed by atoms with Crippen LogP contribution >= 0.6 is 0 Å². The quantitative estimate of drug-likeness (QED) is 0.484. The molecule has 0 aliphatic carbocycles. The van der Waals surface area contributed by atoms with Gasteiger partial charge in [-0.25, -0.2) is 4.79 Å². The lowest BCUT2D eigenvalue weighted by molar-refractivity contribution is -0.134. The number of anilines is 1. The molecular formula is C13H11NO4. The van der Waals surface area contributed by atoms with Crippen molar-refractivity contribution in [2.45, 2.75) is 6.92 Å². The summed E-state index contributed by atoms with van der Waals surface area (Å²) in [4.78, 5) is 34.1. The van der Waals surface area contributed by atoms with E-state index in [0.717, 1.165) is 5.56 Å². The smallest absolute Gasteiger partial charge is 0.330 e.